The zero-order valence-electron chi connectivity index (χ0n) is 10.6. The van der Waals surface area contributed by atoms with Crippen molar-refractivity contribution in [3.8, 4) is 0 Å². The summed E-state index contributed by atoms with van der Waals surface area (Å²) in [6, 6.07) is 17.0. The fraction of sp³-hybridized carbons (Fsp3) is 0.250. The molecule has 2 rings (SSSR count). The standard InChI is InChI=1S/C16H18BrN/c1-12-4-2-3-5-16(12)14(11-18)10-13-6-8-15(17)9-7-13/h2-9,14H,10-11,18H2,1H3. The Hall–Kier alpha value is -1.12. The first-order valence-electron chi connectivity index (χ1n) is 6.20. The second kappa shape index (κ2) is 6.17. The van der Waals surface area contributed by atoms with Crippen LogP contribution < -0.4 is 5.73 Å². The van der Waals surface area contributed by atoms with E-state index in [1.807, 2.05) is 0 Å². The molecule has 2 heteroatoms. The summed E-state index contributed by atoms with van der Waals surface area (Å²) < 4.78 is 1.12. The van der Waals surface area contributed by atoms with Crippen molar-refractivity contribution in [1.29, 1.82) is 0 Å². The average molecular weight is 304 g/mol. The summed E-state index contributed by atoms with van der Waals surface area (Å²) in [5.74, 6) is 0.396. The third-order valence-corrected chi connectivity index (χ3v) is 3.84. The molecule has 0 radical (unpaired) electrons. The topological polar surface area (TPSA) is 26.0 Å². The molecule has 94 valence electrons. The molecule has 2 N–H and O–H groups in total. The van der Waals surface area contributed by atoms with E-state index in [0.717, 1.165) is 10.9 Å². The smallest absolute Gasteiger partial charge is 0.0175 e. The van der Waals surface area contributed by atoms with E-state index in [4.69, 9.17) is 5.73 Å². The zero-order valence-corrected chi connectivity index (χ0v) is 12.2. The maximum Gasteiger partial charge on any atom is 0.0175 e. The van der Waals surface area contributed by atoms with Gasteiger partial charge in [0.15, 0.2) is 0 Å². The van der Waals surface area contributed by atoms with E-state index in [1.54, 1.807) is 0 Å². The van der Waals surface area contributed by atoms with Crippen LogP contribution in [0.5, 0.6) is 0 Å². The molecule has 2 aromatic rings. The Labute approximate surface area is 117 Å². The normalized spacial score (nSPS) is 12.4. The van der Waals surface area contributed by atoms with Gasteiger partial charge in [0, 0.05) is 10.4 Å². The molecular formula is C16H18BrN. The van der Waals surface area contributed by atoms with E-state index in [-0.39, 0.29) is 0 Å². The van der Waals surface area contributed by atoms with Crippen LogP contribution in [-0.4, -0.2) is 6.54 Å². The monoisotopic (exact) mass is 303 g/mol. The largest absolute Gasteiger partial charge is 0.330 e. The number of rotatable bonds is 4. The molecule has 0 aliphatic carbocycles. The van der Waals surface area contributed by atoms with Crippen molar-refractivity contribution in [1.82, 2.24) is 0 Å². The van der Waals surface area contributed by atoms with Crippen molar-refractivity contribution < 1.29 is 0 Å². The molecule has 2 aromatic carbocycles. The van der Waals surface area contributed by atoms with Gasteiger partial charge >= 0.3 is 0 Å². The molecule has 1 nitrogen and oxygen atoms in total. The summed E-state index contributed by atoms with van der Waals surface area (Å²) >= 11 is 3.46. The fourth-order valence-corrected chi connectivity index (χ4v) is 2.53. The number of aryl methyl sites for hydroxylation is 1. The number of benzene rings is 2. The van der Waals surface area contributed by atoms with Crippen molar-refractivity contribution >= 4 is 15.9 Å². The van der Waals surface area contributed by atoms with Gasteiger partial charge in [0.05, 0.1) is 0 Å². The zero-order chi connectivity index (χ0) is 13.0. The molecular weight excluding hydrogens is 286 g/mol. The number of hydrogen-bond acceptors (Lipinski definition) is 1. The van der Waals surface area contributed by atoms with Crippen LogP contribution in [0.4, 0.5) is 0 Å². The Balaban J connectivity index is 2.20. The second-order valence-corrected chi connectivity index (χ2v) is 5.54. The lowest BCUT2D eigenvalue weighted by Gasteiger charge is -2.17. The van der Waals surface area contributed by atoms with E-state index in [2.05, 4.69) is 71.4 Å². The highest BCUT2D eigenvalue weighted by atomic mass is 79.9. The van der Waals surface area contributed by atoms with Gasteiger partial charge in [-0.15, -0.1) is 0 Å². The Morgan fingerprint density at radius 1 is 1.06 bits per heavy atom. The fourth-order valence-electron chi connectivity index (χ4n) is 2.27. The molecule has 0 amide bonds. The van der Waals surface area contributed by atoms with Gasteiger partial charge in [-0.3, -0.25) is 0 Å². The van der Waals surface area contributed by atoms with Gasteiger partial charge in [-0.1, -0.05) is 52.3 Å². The predicted molar refractivity (Wildman–Crippen MR) is 80.8 cm³/mol. The van der Waals surface area contributed by atoms with Crippen LogP contribution in [0, 0.1) is 6.92 Å². The summed E-state index contributed by atoms with van der Waals surface area (Å²) in [7, 11) is 0. The lowest BCUT2D eigenvalue weighted by atomic mass is 9.89. The molecule has 0 heterocycles. The van der Waals surface area contributed by atoms with Crippen LogP contribution in [0.3, 0.4) is 0 Å². The maximum absolute atomic E-state index is 5.94. The van der Waals surface area contributed by atoms with Gasteiger partial charge in [-0.2, -0.15) is 0 Å². The van der Waals surface area contributed by atoms with Crippen LogP contribution in [0.25, 0.3) is 0 Å². The lowest BCUT2D eigenvalue weighted by molar-refractivity contribution is 0.690. The number of hydrogen-bond donors (Lipinski definition) is 1. The van der Waals surface area contributed by atoms with Crippen LogP contribution in [0.1, 0.15) is 22.6 Å². The van der Waals surface area contributed by atoms with Gasteiger partial charge in [0.25, 0.3) is 0 Å². The Morgan fingerprint density at radius 2 is 1.72 bits per heavy atom. The third-order valence-electron chi connectivity index (χ3n) is 3.31. The number of halogens is 1. The molecule has 0 bridgehead atoms. The first-order valence-corrected chi connectivity index (χ1v) is 7.00. The average Bonchev–Trinajstić information content (AvgIpc) is 2.39. The molecule has 1 unspecified atom stereocenters. The Bertz CT molecular complexity index is 505. The van der Waals surface area contributed by atoms with Crippen LogP contribution in [-0.2, 0) is 6.42 Å². The highest BCUT2D eigenvalue weighted by Crippen LogP contribution is 2.23. The lowest BCUT2D eigenvalue weighted by Crippen LogP contribution is -2.16. The molecule has 0 saturated carbocycles. The van der Waals surface area contributed by atoms with Gasteiger partial charge < -0.3 is 5.73 Å². The van der Waals surface area contributed by atoms with Crippen molar-refractivity contribution in [2.45, 2.75) is 19.3 Å². The SMILES string of the molecule is Cc1ccccc1C(CN)Cc1ccc(Br)cc1. The minimum Gasteiger partial charge on any atom is -0.330 e. The van der Waals surface area contributed by atoms with E-state index in [1.165, 1.54) is 16.7 Å². The second-order valence-electron chi connectivity index (χ2n) is 4.62. The first kappa shape index (κ1) is 13.3. The summed E-state index contributed by atoms with van der Waals surface area (Å²) in [4.78, 5) is 0. The van der Waals surface area contributed by atoms with Crippen molar-refractivity contribution in [3.05, 3.63) is 69.7 Å². The van der Waals surface area contributed by atoms with E-state index in [0.29, 0.717) is 12.5 Å². The van der Waals surface area contributed by atoms with E-state index in [9.17, 15) is 0 Å². The van der Waals surface area contributed by atoms with Crippen LogP contribution in [0.15, 0.2) is 53.0 Å². The summed E-state index contributed by atoms with van der Waals surface area (Å²) in [5.41, 5.74) is 9.96. The summed E-state index contributed by atoms with van der Waals surface area (Å²) in [6.45, 7) is 2.83. The van der Waals surface area contributed by atoms with Gasteiger partial charge in [-0.05, 0) is 48.7 Å². The number of nitrogens with two attached hydrogens (primary N) is 1. The highest BCUT2D eigenvalue weighted by molar-refractivity contribution is 9.10. The first-order chi connectivity index (χ1) is 8.70. The van der Waals surface area contributed by atoms with Gasteiger partial charge in [0.1, 0.15) is 0 Å². The van der Waals surface area contributed by atoms with Crippen LogP contribution >= 0.6 is 15.9 Å². The van der Waals surface area contributed by atoms with E-state index < -0.39 is 0 Å². The minimum absolute atomic E-state index is 0.396. The predicted octanol–water partition coefficient (Wildman–Crippen LogP) is 4.04. The summed E-state index contributed by atoms with van der Waals surface area (Å²) in [5, 5.41) is 0. The maximum atomic E-state index is 5.94. The van der Waals surface area contributed by atoms with Crippen LogP contribution in [0.2, 0.25) is 0 Å². The summed E-state index contributed by atoms with van der Waals surface area (Å²) in [6.07, 6.45) is 0.995. The molecule has 0 aliphatic heterocycles. The van der Waals surface area contributed by atoms with E-state index >= 15 is 0 Å². The van der Waals surface area contributed by atoms with Crippen molar-refractivity contribution in [2.24, 2.45) is 5.73 Å². The highest BCUT2D eigenvalue weighted by Gasteiger charge is 2.12. The molecule has 0 aliphatic rings. The molecule has 18 heavy (non-hydrogen) atoms. The minimum atomic E-state index is 0.396. The van der Waals surface area contributed by atoms with Crippen molar-refractivity contribution in [2.75, 3.05) is 6.54 Å². The quantitative estimate of drug-likeness (QED) is 0.906. The van der Waals surface area contributed by atoms with Gasteiger partial charge in [-0.25, -0.2) is 0 Å². The Morgan fingerprint density at radius 3 is 2.33 bits per heavy atom. The molecule has 0 spiro atoms. The molecule has 0 saturated heterocycles. The molecule has 0 aromatic heterocycles. The van der Waals surface area contributed by atoms with Crippen molar-refractivity contribution in [3.63, 3.8) is 0 Å². The third kappa shape index (κ3) is 3.21. The molecule has 0 fully saturated rings. The van der Waals surface area contributed by atoms with Gasteiger partial charge in [0.2, 0.25) is 0 Å². The molecule has 1 atom stereocenters. The Kier molecular flexibility index (Phi) is 4.56.